The zero-order chi connectivity index (χ0) is 15.7. The molecule has 0 bridgehead atoms. The fraction of sp³-hybridized carbons (Fsp3) is 0.533. The third-order valence-corrected chi connectivity index (χ3v) is 5.27. The molecule has 0 radical (unpaired) electrons. The van der Waals surface area contributed by atoms with Gasteiger partial charge < -0.3 is 11.1 Å². The lowest BCUT2D eigenvalue weighted by atomic mass is 9.92. The van der Waals surface area contributed by atoms with Gasteiger partial charge in [-0.15, -0.1) is 11.3 Å². The van der Waals surface area contributed by atoms with Gasteiger partial charge in [0, 0.05) is 30.9 Å². The van der Waals surface area contributed by atoms with Gasteiger partial charge in [0.15, 0.2) is 0 Å². The maximum Gasteiger partial charge on any atom is 0.263 e. The fourth-order valence-corrected chi connectivity index (χ4v) is 3.72. The Kier molecular flexibility index (Phi) is 4.26. The number of thiazole rings is 1. The summed E-state index contributed by atoms with van der Waals surface area (Å²) in [6.45, 7) is 1.88. The molecule has 22 heavy (non-hydrogen) atoms. The first-order valence-electron chi connectivity index (χ1n) is 7.56. The van der Waals surface area contributed by atoms with E-state index in [1.807, 2.05) is 20.2 Å². The Labute approximate surface area is 133 Å². The number of carbonyl (C=O) groups excluding carboxylic acids is 1. The molecule has 0 aromatic carbocycles. The van der Waals surface area contributed by atoms with Crippen molar-refractivity contribution in [3.8, 4) is 10.6 Å². The van der Waals surface area contributed by atoms with Crippen molar-refractivity contribution in [3.63, 3.8) is 0 Å². The second-order valence-corrected chi connectivity index (χ2v) is 6.92. The zero-order valence-corrected chi connectivity index (χ0v) is 13.7. The van der Waals surface area contributed by atoms with Gasteiger partial charge in [-0.05, 0) is 32.6 Å². The summed E-state index contributed by atoms with van der Waals surface area (Å²) in [5.41, 5.74) is 7.62. The molecule has 1 saturated carbocycles. The van der Waals surface area contributed by atoms with Gasteiger partial charge in [-0.1, -0.05) is 0 Å². The number of aryl methyl sites for hydroxylation is 2. The predicted octanol–water partition coefficient (Wildman–Crippen LogP) is 1.85. The van der Waals surface area contributed by atoms with E-state index in [4.69, 9.17) is 5.73 Å². The minimum atomic E-state index is -0.0226. The van der Waals surface area contributed by atoms with Crippen LogP contribution in [0.4, 0.5) is 0 Å². The Bertz CT molecular complexity index is 669. The maximum absolute atomic E-state index is 12.5. The topological polar surface area (TPSA) is 85.8 Å². The first-order valence-corrected chi connectivity index (χ1v) is 8.37. The van der Waals surface area contributed by atoms with Crippen molar-refractivity contribution in [1.29, 1.82) is 0 Å². The summed E-state index contributed by atoms with van der Waals surface area (Å²) in [5, 5.41) is 8.10. The lowest BCUT2D eigenvalue weighted by Crippen LogP contribution is -2.40. The molecule has 0 spiro atoms. The molecule has 0 unspecified atom stereocenters. The molecule has 2 heterocycles. The van der Waals surface area contributed by atoms with Gasteiger partial charge >= 0.3 is 0 Å². The number of carbonyl (C=O) groups is 1. The van der Waals surface area contributed by atoms with Gasteiger partial charge in [-0.25, -0.2) is 4.98 Å². The van der Waals surface area contributed by atoms with Crippen LogP contribution >= 0.6 is 11.3 Å². The number of nitrogens with zero attached hydrogens (tertiary/aromatic N) is 3. The van der Waals surface area contributed by atoms with E-state index in [-0.39, 0.29) is 18.0 Å². The molecule has 2 aromatic heterocycles. The van der Waals surface area contributed by atoms with Crippen LogP contribution in [0.1, 0.15) is 41.0 Å². The summed E-state index contributed by atoms with van der Waals surface area (Å²) in [7, 11) is 1.87. The Morgan fingerprint density at radius 2 is 2.14 bits per heavy atom. The predicted molar refractivity (Wildman–Crippen MR) is 86.8 cm³/mol. The summed E-state index contributed by atoms with van der Waals surface area (Å²) in [6, 6.07) is 0.520. The lowest BCUT2D eigenvalue weighted by Gasteiger charge is -2.26. The first-order chi connectivity index (χ1) is 10.5. The third-order valence-electron chi connectivity index (χ3n) is 4.06. The maximum atomic E-state index is 12.5. The molecule has 3 rings (SSSR count). The molecule has 0 aliphatic heterocycles. The minimum absolute atomic E-state index is 0.0226. The lowest BCUT2D eigenvalue weighted by molar-refractivity contribution is 0.0929. The van der Waals surface area contributed by atoms with Gasteiger partial charge in [0.2, 0.25) is 0 Å². The summed E-state index contributed by atoms with van der Waals surface area (Å²) in [6.07, 6.45) is 7.55. The van der Waals surface area contributed by atoms with E-state index in [0.29, 0.717) is 4.88 Å². The molecule has 1 aliphatic rings. The van der Waals surface area contributed by atoms with Crippen LogP contribution in [0, 0.1) is 6.92 Å². The zero-order valence-electron chi connectivity index (χ0n) is 12.9. The van der Waals surface area contributed by atoms with Crippen LogP contribution in [0.15, 0.2) is 12.4 Å². The SMILES string of the molecule is Cc1nc(-c2cnn(C)c2)sc1C(=O)NC1CCC(N)CC1. The van der Waals surface area contributed by atoms with Crippen molar-refractivity contribution >= 4 is 17.2 Å². The van der Waals surface area contributed by atoms with Gasteiger partial charge in [-0.3, -0.25) is 9.48 Å². The van der Waals surface area contributed by atoms with Crippen molar-refractivity contribution in [2.75, 3.05) is 0 Å². The number of rotatable bonds is 3. The average Bonchev–Trinajstić information content (AvgIpc) is 3.07. The molecular weight excluding hydrogens is 298 g/mol. The van der Waals surface area contributed by atoms with Crippen LogP contribution in [0.2, 0.25) is 0 Å². The molecular formula is C15H21N5OS. The molecule has 1 fully saturated rings. The Morgan fingerprint density at radius 3 is 2.77 bits per heavy atom. The number of hydrogen-bond donors (Lipinski definition) is 2. The Hall–Kier alpha value is -1.73. The molecule has 1 aliphatic carbocycles. The summed E-state index contributed by atoms with van der Waals surface area (Å²) >= 11 is 1.42. The number of amides is 1. The second kappa shape index (κ2) is 6.18. The third kappa shape index (κ3) is 3.20. The van der Waals surface area contributed by atoms with E-state index in [2.05, 4.69) is 15.4 Å². The van der Waals surface area contributed by atoms with Crippen LogP contribution in [-0.4, -0.2) is 32.8 Å². The second-order valence-electron chi connectivity index (χ2n) is 5.92. The molecule has 1 amide bonds. The van der Waals surface area contributed by atoms with Gasteiger partial charge in [-0.2, -0.15) is 5.10 Å². The highest BCUT2D eigenvalue weighted by Crippen LogP contribution is 2.28. The number of hydrogen-bond acceptors (Lipinski definition) is 5. The van der Waals surface area contributed by atoms with Crippen LogP contribution in [-0.2, 0) is 7.05 Å². The van der Waals surface area contributed by atoms with Gasteiger partial charge in [0.25, 0.3) is 5.91 Å². The van der Waals surface area contributed by atoms with Crippen molar-refractivity contribution in [3.05, 3.63) is 23.0 Å². The Balaban J connectivity index is 1.71. The number of nitrogens with two attached hydrogens (primary N) is 1. The highest BCUT2D eigenvalue weighted by molar-refractivity contribution is 7.17. The highest BCUT2D eigenvalue weighted by Gasteiger charge is 2.23. The van der Waals surface area contributed by atoms with Gasteiger partial charge in [0.05, 0.1) is 11.9 Å². The van der Waals surface area contributed by atoms with Crippen LogP contribution < -0.4 is 11.1 Å². The van der Waals surface area contributed by atoms with E-state index < -0.39 is 0 Å². The van der Waals surface area contributed by atoms with E-state index in [1.54, 1.807) is 10.9 Å². The summed E-state index contributed by atoms with van der Waals surface area (Å²) in [4.78, 5) is 17.7. The quantitative estimate of drug-likeness (QED) is 0.904. The first kappa shape index (κ1) is 15.2. The normalized spacial score (nSPS) is 21.8. The summed E-state index contributed by atoms with van der Waals surface area (Å²) in [5.74, 6) is -0.0226. The Morgan fingerprint density at radius 1 is 1.41 bits per heavy atom. The molecule has 3 N–H and O–H groups in total. The smallest absolute Gasteiger partial charge is 0.263 e. The van der Waals surface area contributed by atoms with Crippen molar-refractivity contribution in [2.24, 2.45) is 12.8 Å². The van der Waals surface area contributed by atoms with E-state index in [1.165, 1.54) is 11.3 Å². The average molecular weight is 319 g/mol. The monoisotopic (exact) mass is 319 g/mol. The molecule has 0 atom stereocenters. The standard InChI is InChI=1S/C15H21N5OS/c1-9-13(14(21)19-12-5-3-11(16)4-6-12)22-15(18-9)10-7-17-20(2)8-10/h7-8,11-12H,3-6,16H2,1-2H3,(H,19,21). The molecule has 6 nitrogen and oxygen atoms in total. The number of nitrogens with one attached hydrogen (secondary N) is 1. The van der Waals surface area contributed by atoms with Crippen molar-refractivity contribution in [2.45, 2.75) is 44.7 Å². The van der Waals surface area contributed by atoms with E-state index in [9.17, 15) is 4.79 Å². The molecule has 0 saturated heterocycles. The van der Waals surface area contributed by atoms with Crippen LogP contribution in [0.25, 0.3) is 10.6 Å². The van der Waals surface area contributed by atoms with E-state index >= 15 is 0 Å². The minimum Gasteiger partial charge on any atom is -0.349 e. The highest BCUT2D eigenvalue weighted by atomic mass is 32.1. The van der Waals surface area contributed by atoms with Crippen LogP contribution in [0.3, 0.4) is 0 Å². The van der Waals surface area contributed by atoms with Crippen LogP contribution in [0.5, 0.6) is 0 Å². The van der Waals surface area contributed by atoms with E-state index in [0.717, 1.165) is 41.9 Å². The molecule has 2 aromatic rings. The fourth-order valence-electron chi connectivity index (χ4n) is 2.78. The molecule has 118 valence electrons. The van der Waals surface area contributed by atoms with Crippen molar-refractivity contribution in [1.82, 2.24) is 20.1 Å². The van der Waals surface area contributed by atoms with Crippen molar-refractivity contribution < 1.29 is 4.79 Å². The van der Waals surface area contributed by atoms with Gasteiger partial charge in [0.1, 0.15) is 9.88 Å². The summed E-state index contributed by atoms with van der Waals surface area (Å²) < 4.78 is 1.73. The number of aromatic nitrogens is 3. The molecule has 7 heteroatoms. The largest absolute Gasteiger partial charge is 0.349 e.